The van der Waals surface area contributed by atoms with E-state index in [0.717, 1.165) is 22.3 Å². The average molecular weight is 493 g/mol. The van der Waals surface area contributed by atoms with Crippen LogP contribution in [0.25, 0.3) is 11.1 Å². The number of aromatic carboxylic acids is 1. The molecule has 0 bridgehead atoms. The number of carboxylic acids is 1. The van der Waals surface area contributed by atoms with E-state index in [-0.39, 0.29) is 35.6 Å². The highest BCUT2D eigenvalue weighted by Gasteiger charge is 2.29. The van der Waals surface area contributed by atoms with Gasteiger partial charge in [0.05, 0.1) is 10.6 Å². The summed E-state index contributed by atoms with van der Waals surface area (Å²) in [5.74, 6) is -1.82. The Morgan fingerprint density at radius 1 is 1.00 bits per heavy atom. The molecule has 3 N–H and O–H groups in total. The first-order chi connectivity index (χ1) is 16.8. The number of hydrogen-bond acceptors (Lipinski definition) is 4. The zero-order chi connectivity index (χ0) is 24.9. The molecule has 0 aliphatic heterocycles. The van der Waals surface area contributed by atoms with Crippen molar-refractivity contribution in [3.05, 3.63) is 88.4 Å². The Morgan fingerprint density at radius 3 is 2.23 bits per heavy atom. The first-order valence-corrected chi connectivity index (χ1v) is 11.7. The van der Waals surface area contributed by atoms with Gasteiger partial charge >= 0.3 is 12.1 Å². The summed E-state index contributed by atoms with van der Waals surface area (Å²) in [5.41, 5.74) is 4.98. The average Bonchev–Trinajstić information content (AvgIpc) is 3.16. The van der Waals surface area contributed by atoms with Crippen LogP contribution in [0.4, 0.5) is 10.5 Å². The number of fused-ring (bicyclic) bond motifs is 3. The van der Waals surface area contributed by atoms with Gasteiger partial charge in [-0.25, -0.2) is 9.59 Å². The number of anilines is 1. The van der Waals surface area contributed by atoms with E-state index >= 15 is 0 Å². The lowest BCUT2D eigenvalue weighted by Gasteiger charge is -2.16. The van der Waals surface area contributed by atoms with Crippen LogP contribution in [0.2, 0.25) is 5.02 Å². The molecule has 1 aliphatic carbocycles. The van der Waals surface area contributed by atoms with Crippen molar-refractivity contribution in [1.29, 1.82) is 0 Å². The van der Waals surface area contributed by atoms with Crippen LogP contribution in [0, 0.1) is 5.92 Å². The molecule has 0 aromatic heterocycles. The number of benzene rings is 3. The molecule has 7 nitrogen and oxygen atoms in total. The Bertz CT molecular complexity index is 1230. The van der Waals surface area contributed by atoms with E-state index in [2.05, 4.69) is 34.9 Å². The van der Waals surface area contributed by atoms with Gasteiger partial charge in [0.1, 0.15) is 6.61 Å². The Balaban J connectivity index is 1.24. The quantitative estimate of drug-likeness (QED) is 0.383. The van der Waals surface area contributed by atoms with Gasteiger partial charge in [0, 0.05) is 24.1 Å². The van der Waals surface area contributed by atoms with Crippen LogP contribution in [0.15, 0.2) is 66.7 Å². The number of carbonyl (C=O) groups is 3. The Kier molecular flexibility index (Phi) is 7.36. The lowest BCUT2D eigenvalue weighted by Crippen LogP contribution is -2.30. The molecule has 180 valence electrons. The van der Waals surface area contributed by atoms with Crippen molar-refractivity contribution in [3.8, 4) is 11.1 Å². The highest BCUT2D eigenvalue weighted by molar-refractivity contribution is 6.33. The minimum atomic E-state index is -1.14. The summed E-state index contributed by atoms with van der Waals surface area (Å²) in [4.78, 5) is 35.8. The minimum Gasteiger partial charge on any atom is -0.478 e. The van der Waals surface area contributed by atoms with E-state index in [4.69, 9.17) is 21.4 Å². The van der Waals surface area contributed by atoms with Gasteiger partial charge in [0.2, 0.25) is 5.91 Å². The smallest absolute Gasteiger partial charge is 0.407 e. The summed E-state index contributed by atoms with van der Waals surface area (Å²) in [6.07, 6.45) is -0.132. The molecule has 1 unspecified atom stereocenters. The fourth-order valence-corrected chi connectivity index (χ4v) is 4.46. The third-order valence-electron chi connectivity index (χ3n) is 6.10. The predicted molar refractivity (Wildman–Crippen MR) is 134 cm³/mol. The topological polar surface area (TPSA) is 105 Å². The Labute approximate surface area is 208 Å². The highest BCUT2D eigenvalue weighted by Crippen LogP contribution is 2.44. The lowest BCUT2D eigenvalue weighted by atomic mass is 9.98. The van der Waals surface area contributed by atoms with Crippen LogP contribution < -0.4 is 10.6 Å². The highest BCUT2D eigenvalue weighted by atomic mass is 35.5. The molecule has 0 heterocycles. The van der Waals surface area contributed by atoms with Crippen LogP contribution in [0.3, 0.4) is 0 Å². The second kappa shape index (κ2) is 10.6. The van der Waals surface area contributed by atoms with Crippen molar-refractivity contribution in [3.63, 3.8) is 0 Å². The van der Waals surface area contributed by atoms with Crippen LogP contribution in [0.1, 0.15) is 40.7 Å². The van der Waals surface area contributed by atoms with Crippen molar-refractivity contribution < 1.29 is 24.2 Å². The van der Waals surface area contributed by atoms with Gasteiger partial charge in [-0.3, -0.25) is 4.79 Å². The van der Waals surface area contributed by atoms with Gasteiger partial charge in [-0.1, -0.05) is 67.1 Å². The van der Waals surface area contributed by atoms with E-state index in [1.807, 2.05) is 24.3 Å². The van der Waals surface area contributed by atoms with Crippen LogP contribution >= 0.6 is 11.6 Å². The molecular weight excluding hydrogens is 468 g/mol. The van der Waals surface area contributed by atoms with Gasteiger partial charge in [0.25, 0.3) is 0 Å². The molecule has 0 saturated heterocycles. The number of carboxylic acid groups (broad SMARTS) is 1. The van der Waals surface area contributed by atoms with E-state index < -0.39 is 18.0 Å². The van der Waals surface area contributed by atoms with Gasteiger partial charge < -0.3 is 20.5 Å². The van der Waals surface area contributed by atoms with E-state index in [1.165, 1.54) is 18.2 Å². The third-order valence-corrected chi connectivity index (χ3v) is 6.42. The fourth-order valence-electron chi connectivity index (χ4n) is 4.20. The maximum absolute atomic E-state index is 12.4. The molecule has 2 amide bonds. The molecule has 4 rings (SSSR count). The molecule has 1 aliphatic rings. The lowest BCUT2D eigenvalue weighted by molar-refractivity contribution is -0.119. The molecule has 35 heavy (non-hydrogen) atoms. The second-order valence-electron chi connectivity index (χ2n) is 8.43. The summed E-state index contributed by atoms with van der Waals surface area (Å²) in [6.45, 7) is 2.23. The Morgan fingerprint density at radius 2 is 1.63 bits per heavy atom. The van der Waals surface area contributed by atoms with Gasteiger partial charge in [0.15, 0.2) is 0 Å². The van der Waals surface area contributed by atoms with Crippen LogP contribution in [-0.4, -0.2) is 36.2 Å². The van der Waals surface area contributed by atoms with Gasteiger partial charge in [-0.2, -0.15) is 0 Å². The van der Waals surface area contributed by atoms with E-state index in [0.29, 0.717) is 12.1 Å². The van der Waals surface area contributed by atoms with Crippen molar-refractivity contribution in [2.75, 3.05) is 18.5 Å². The van der Waals surface area contributed by atoms with E-state index in [1.54, 1.807) is 6.92 Å². The molecule has 0 spiro atoms. The molecule has 8 heteroatoms. The number of amides is 2. The molecule has 1 atom stereocenters. The molecule has 0 fully saturated rings. The summed E-state index contributed by atoms with van der Waals surface area (Å²) in [6, 6.07) is 20.5. The molecule has 3 aromatic carbocycles. The number of alkyl carbamates (subject to hydrolysis) is 1. The van der Waals surface area contributed by atoms with Gasteiger partial charge in [-0.05, 0) is 46.9 Å². The summed E-state index contributed by atoms with van der Waals surface area (Å²) < 4.78 is 5.51. The maximum atomic E-state index is 12.4. The number of hydrogen-bond donors (Lipinski definition) is 3. The van der Waals surface area contributed by atoms with E-state index in [9.17, 15) is 14.4 Å². The number of carbonyl (C=O) groups excluding carboxylic acids is 2. The molecular formula is C27H25ClN2O5. The minimum absolute atomic E-state index is 0.0165. The largest absolute Gasteiger partial charge is 0.478 e. The zero-order valence-electron chi connectivity index (χ0n) is 19.1. The van der Waals surface area contributed by atoms with Crippen molar-refractivity contribution >= 4 is 35.3 Å². The summed E-state index contributed by atoms with van der Waals surface area (Å²) >= 11 is 5.95. The molecule has 3 aromatic rings. The normalized spacial score (nSPS) is 12.9. The molecule has 0 radical (unpaired) electrons. The second-order valence-corrected chi connectivity index (χ2v) is 8.84. The third kappa shape index (κ3) is 5.46. The zero-order valence-corrected chi connectivity index (χ0v) is 19.8. The first kappa shape index (κ1) is 24.3. The van der Waals surface area contributed by atoms with Crippen LogP contribution in [-0.2, 0) is 9.53 Å². The summed E-state index contributed by atoms with van der Waals surface area (Å²) in [7, 11) is 0. The number of halogens is 1. The number of ether oxygens (including phenoxy) is 1. The monoisotopic (exact) mass is 492 g/mol. The standard InChI is InChI=1S/C27H25ClN2O5/c1-16(25(31)30-17-10-11-22(26(32)33)24(28)14-17)12-13-29-27(34)35-15-23-20-8-4-2-6-18(20)19-7-3-5-9-21(19)23/h2-11,14,16,23H,12-13,15H2,1H3,(H,29,34)(H,30,31)(H,32,33). The van der Waals surface area contributed by atoms with Crippen LogP contribution in [0.5, 0.6) is 0 Å². The number of nitrogens with one attached hydrogen (secondary N) is 2. The first-order valence-electron chi connectivity index (χ1n) is 11.3. The SMILES string of the molecule is CC(CCNC(=O)OCC1c2ccccc2-c2ccccc21)C(=O)Nc1ccc(C(=O)O)c(Cl)c1. The predicted octanol–water partition coefficient (Wildman–Crippen LogP) is 5.54. The number of rotatable bonds is 8. The summed E-state index contributed by atoms with van der Waals surface area (Å²) in [5, 5.41) is 14.5. The molecule has 0 saturated carbocycles. The Hall–Kier alpha value is -3.84. The van der Waals surface area contributed by atoms with Gasteiger partial charge in [-0.15, -0.1) is 0 Å². The van der Waals surface area contributed by atoms with Crippen molar-refractivity contribution in [1.82, 2.24) is 5.32 Å². The fraction of sp³-hybridized carbons (Fsp3) is 0.222. The van der Waals surface area contributed by atoms with Crippen molar-refractivity contribution in [2.45, 2.75) is 19.3 Å². The van der Waals surface area contributed by atoms with Crippen molar-refractivity contribution in [2.24, 2.45) is 5.92 Å². The maximum Gasteiger partial charge on any atom is 0.407 e.